The van der Waals surface area contributed by atoms with Crippen LogP contribution in [-0.4, -0.2) is 83.4 Å². The third-order valence-electron chi connectivity index (χ3n) is 8.04. The summed E-state index contributed by atoms with van der Waals surface area (Å²) in [7, 11) is -4.48. The van der Waals surface area contributed by atoms with Gasteiger partial charge in [-0.2, -0.15) is 13.2 Å². The number of fused-ring (bicyclic) bond motifs is 1. The van der Waals surface area contributed by atoms with Gasteiger partial charge in [-0.25, -0.2) is 8.42 Å². The average molecular weight is 676 g/mol. The summed E-state index contributed by atoms with van der Waals surface area (Å²) in [6.07, 6.45) is -3.40. The maximum Gasteiger partial charge on any atom is 0.427 e. The Morgan fingerprint density at radius 2 is 1.85 bits per heavy atom. The van der Waals surface area contributed by atoms with Gasteiger partial charge in [0, 0.05) is 25.1 Å². The van der Waals surface area contributed by atoms with Crippen LogP contribution in [0.3, 0.4) is 0 Å². The Kier molecular flexibility index (Phi) is 10.0. The average Bonchev–Trinajstić information content (AvgIpc) is 3.70. The highest BCUT2D eigenvalue weighted by molar-refractivity contribution is 7.93. The van der Waals surface area contributed by atoms with Crippen molar-refractivity contribution in [3.05, 3.63) is 30.0 Å². The van der Waals surface area contributed by atoms with Crippen LogP contribution in [0, 0.1) is 11.8 Å². The number of sulfonamides is 1. The van der Waals surface area contributed by atoms with E-state index in [0.29, 0.717) is 6.54 Å². The van der Waals surface area contributed by atoms with Crippen LogP contribution in [0.5, 0.6) is 11.6 Å². The molecular weight excluding hydrogens is 635 g/mol. The van der Waals surface area contributed by atoms with E-state index in [1.807, 2.05) is 0 Å². The van der Waals surface area contributed by atoms with Gasteiger partial charge in [0.15, 0.2) is 10.7 Å². The molecule has 1 aromatic carbocycles. The van der Waals surface area contributed by atoms with Crippen LogP contribution in [0.1, 0.15) is 59.4 Å². The molecule has 2 aromatic rings. The van der Waals surface area contributed by atoms with Crippen molar-refractivity contribution in [1.29, 1.82) is 0 Å². The fourth-order valence-corrected chi connectivity index (χ4v) is 6.66. The van der Waals surface area contributed by atoms with E-state index in [1.165, 1.54) is 42.9 Å². The standard InChI is InChI=1S/C30H40F3N3O9S/c1-6-35-17-24(27(34-35)43-12-11-37)46(41,42)36-16-23(20(19-8-9-19)15-25(38)28(2,3)40)44-22-10-7-18(13-21(22)36)14-26(39)45-29(4,5)30(31,32)33/h7,10,13,17,19-20,23,37,40H,6,8-9,11-12,14-16H2,1-5H3/t20-,23-/m1/s1. The minimum atomic E-state index is -4.81. The number of nitrogens with zero attached hydrogens (tertiary/aromatic N) is 3. The second kappa shape index (κ2) is 13.0. The molecule has 1 fully saturated rings. The van der Waals surface area contributed by atoms with E-state index in [4.69, 9.17) is 14.2 Å². The Morgan fingerprint density at radius 3 is 2.41 bits per heavy atom. The molecule has 1 saturated carbocycles. The van der Waals surface area contributed by atoms with Gasteiger partial charge in [0.25, 0.3) is 15.9 Å². The zero-order valence-corrected chi connectivity index (χ0v) is 27.2. The number of anilines is 1. The van der Waals surface area contributed by atoms with Gasteiger partial charge in [-0.1, -0.05) is 6.07 Å². The second-order valence-corrected chi connectivity index (χ2v) is 14.4. The molecule has 4 rings (SSSR count). The van der Waals surface area contributed by atoms with Crippen molar-refractivity contribution < 1.29 is 55.6 Å². The number of carbonyl (C=O) groups excluding carboxylic acids is 2. The van der Waals surface area contributed by atoms with Crippen LogP contribution < -0.4 is 13.8 Å². The number of Topliss-reactive ketones (excluding diaryl/α,β-unsaturated/α-hetero) is 1. The van der Waals surface area contributed by atoms with Crippen molar-refractivity contribution >= 4 is 27.5 Å². The summed E-state index contributed by atoms with van der Waals surface area (Å²) in [6, 6.07) is 4.17. The number of esters is 1. The normalized spacial score (nSPS) is 18.0. The predicted octanol–water partition coefficient (Wildman–Crippen LogP) is 3.41. The first kappa shape index (κ1) is 35.5. The molecular formula is C30H40F3N3O9S. The van der Waals surface area contributed by atoms with Crippen LogP contribution in [0.25, 0.3) is 0 Å². The minimum absolute atomic E-state index is 0.0114. The maximum atomic E-state index is 14.4. The van der Waals surface area contributed by atoms with Crippen molar-refractivity contribution in [3.63, 3.8) is 0 Å². The molecule has 46 heavy (non-hydrogen) atoms. The van der Waals surface area contributed by atoms with Crippen LogP contribution in [-0.2, 0) is 37.3 Å². The smallest absolute Gasteiger partial charge is 0.427 e. The van der Waals surface area contributed by atoms with Gasteiger partial charge >= 0.3 is 12.1 Å². The first-order valence-corrected chi connectivity index (χ1v) is 16.4. The SMILES string of the molecule is CCn1cc(S(=O)(=O)N2C[C@H]([C@H](CC(=O)C(C)(C)O)C3CC3)Oc3ccc(CC(=O)OC(C)(C)C(F)(F)F)cc32)c(OCCO)n1. The predicted molar refractivity (Wildman–Crippen MR) is 158 cm³/mol. The summed E-state index contributed by atoms with van der Waals surface area (Å²) in [5.74, 6) is -2.12. The third kappa shape index (κ3) is 7.77. The molecule has 0 spiro atoms. The number of aliphatic hydroxyl groups is 2. The zero-order valence-electron chi connectivity index (χ0n) is 26.3. The molecule has 256 valence electrons. The fraction of sp³-hybridized carbons (Fsp3) is 0.633. The number of benzene rings is 1. The van der Waals surface area contributed by atoms with E-state index in [1.54, 1.807) is 6.92 Å². The van der Waals surface area contributed by atoms with Crippen LogP contribution in [0.4, 0.5) is 18.9 Å². The molecule has 2 N–H and O–H groups in total. The molecule has 0 bridgehead atoms. The summed E-state index contributed by atoms with van der Waals surface area (Å²) in [5, 5.41) is 23.8. The summed E-state index contributed by atoms with van der Waals surface area (Å²) in [5.41, 5.74) is -4.17. The van der Waals surface area contributed by atoms with Crippen LogP contribution >= 0.6 is 0 Å². The maximum absolute atomic E-state index is 14.4. The molecule has 0 radical (unpaired) electrons. The topological polar surface area (TPSA) is 157 Å². The number of aromatic nitrogens is 2. The molecule has 0 unspecified atom stereocenters. The zero-order chi connectivity index (χ0) is 34.2. The molecule has 0 saturated heterocycles. The summed E-state index contributed by atoms with van der Waals surface area (Å²) >= 11 is 0. The number of halogens is 3. The van der Waals surface area contributed by atoms with Crippen molar-refractivity contribution in [2.24, 2.45) is 11.8 Å². The molecule has 1 aliphatic carbocycles. The van der Waals surface area contributed by atoms with Crippen molar-refractivity contribution in [1.82, 2.24) is 9.78 Å². The first-order chi connectivity index (χ1) is 21.3. The Bertz CT molecular complexity index is 1550. The molecule has 2 heterocycles. The summed E-state index contributed by atoms with van der Waals surface area (Å²) in [6.45, 7) is 5.38. The Hall–Kier alpha value is -3.37. The fourth-order valence-electron chi connectivity index (χ4n) is 5.10. The van der Waals surface area contributed by atoms with Gasteiger partial charge in [-0.3, -0.25) is 18.6 Å². The molecule has 2 atom stereocenters. The number of rotatable bonds is 14. The van der Waals surface area contributed by atoms with Gasteiger partial charge in [0.2, 0.25) is 5.60 Å². The second-order valence-electron chi connectivity index (χ2n) is 12.6. The Balaban J connectivity index is 1.76. The lowest BCUT2D eigenvalue weighted by molar-refractivity contribution is -0.257. The number of alkyl halides is 3. The highest BCUT2D eigenvalue weighted by atomic mass is 32.2. The molecule has 12 nitrogen and oxygen atoms in total. The van der Waals surface area contributed by atoms with E-state index >= 15 is 0 Å². The molecule has 2 aliphatic rings. The van der Waals surface area contributed by atoms with E-state index in [9.17, 15) is 41.4 Å². The highest BCUT2D eigenvalue weighted by Crippen LogP contribution is 2.47. The summed E-state index contributed by atoms with van der Waals surface area (Å²) < 4.78 is 87.5. The molecule has 0 amide bonds. The largest absolute Gasteiger partial charge is 0.486 e. The van der Waals surface area contributed by atoms with Crippen molar-refractivity contribution in [2.75, 3.05) is 24.1 Å². The quantitative estimate of drug-likeness (QED) is 0.285. The lowest BCUT2D eigenvalue weighted by Crippen LogP contribution is -2.48. The van der Waals surface area contributed by atoms with E-state index in [2.05, 4.69) is 5.10 Å². The Morgan fingerprint density at radius 1 is 1.17 bits per heavy atom. The summed E-state index contributed by atoms with van der Waals surface area (Å²) in [4.78, 5) is 25.1. The van der Waals surface area contributed by atoms with Crippen molar-refractivity contribution in [3.8, 4) is 11.6 Å². The third-order valence-corrected chi connectivity index (χ3v) is 9.81. The van der Waals surface area contributed by atoms with Gasteiger partial charge in [-0.05, 0) is 71.1 Å². The number of ether oxygens (including phenoxy) is 3. The van der Waals surface area contributed by atoms with E-state index < -0.39 is 64.2 Å². The van der Waals surface area contributed by atoms with Crippen LogP contribution in [0.15, 0.2) is 29.3 Å². The lowest BCUT2D eigenvalue weighted by Gasteiger charge is -2.39. The van der Waals surface area contributed by atoms with Gasteiger partial charge in [-0.15, -0.1) is 5.10 Å². The van der Waals surface area contributed by atoms with Gasteiger partial charge in [0.1, 0.15) is 24.1 Å². The van der Waals surface area contributed by atoms with Gasteiger partial charge in [0.05, 0.1) is 25.3 Å². The number of hydrogen-bond donors (Lipinski definition) is 2. The van der Waals surface area contributed by atoms with Gasteiger partial charge < -0.3 is 24.4 Å². The number of hydrogen-bond acceptors (Lipinski definition) is 10. The van der Waals surface area contributed by atoms with E-state index in [-0.39, 0.29) is 53.3 Å². The Labute approximate surface area is 265 Å². The minimum Gasteiger partial charge on any atom is -0.486 e. The molecule has 1 aliphatic heterocycles. The molecule has 1 aromatic heterocycles. The number of aryl methyl sites for hydroxylation is 1. The number of aliphatic hydroxyl groups excluding tert-OH is 1. The van der Waals surface area contributed by atoms with Crippen LogP contribution in [0.2, 0.25) is 0 Å². The first-order valence-electron chi connectivity index (χ1n) is 15.0. The monoisotopic (exact) mass is 675 g/mol. The van der Waals surface area contributed by atoms with Crippen molar-refractivity contribution in [2.45, 2.75) is 95.2 Å². The highest BCUT2D eigenvalue weighted by Gasteiger charge is 2.51. The number of carbonyl (C=O) groups is 2. The molecule has 16 heteroatoms. The van der Waals surface area contributed by atoms with E-state index in [0.717, 1.165) is 31.0 Å². The lowest BCUT2D eigenvalue weighted by atomic mass is 9.86. The number of ketones is 1.